The van der Waals surface area contributed by atoms with E-state index in [9.17, 15) is 0 Å². The first-order chi connectivity index (χ1) is 9.24. The van der Waals surface area contributed by atoms with Crippen LogP contribution in [0.4, 0.5) is 5.95 Å². The maximum absolute atomic E-state index is 8.91. The first-order valence-electron chi connectivity index (χ1n) is 6.00. The Bertz CT molecular complexity index is 645. The Hall–Kier alpha value is -1.93. The normalized spacial score (nSPS) is 16.7. The summed E-state index contributed by atoms with van der Waals surface area (Å²) >= 11 is 3.31. The van der Waals surface area contributed by atoms with E-state index in [2.05, 4.69) is 37.3 Å². The lowest BCUT2D eigenvalue weighted by atomic mass is 10.1. The Balaban J connectivity index is 1.73. The van der Waals surface area contributed by atoms with Crippen LogP contribution < -0.4 is 5.32 Å². The highest BCUT2D eigenvalue weighted by atomic mass is 79.9. The highest BCUT2D eigenvalue weighted by Gasteiger charge is 2.22. The molecule has 0 fully saturated rings. The molecule has 0 amide bonds. The van der Waals surface area contributed by atoms with Crippen molar-refractivity contribution in [3.8, 4) is 6.07 Å². The van der Waals surface area contributed by atoms with Crippen molar-refractivity contribution in [1.82, 2.24) is 9.97 Å². The fourth-order valence-corrected chi connectivity index (χ4v) is 2.56. The van der Waals surface area contributed by atoms with E-state index in [0.29, 0.717) is 12.0 Å². The van der Waals surface area contributed by atoms with Crippen LogP contribution in [0.1, 0.15) is 16.7 Å². The molecule has 1 aromatic heterocycles. The molecule has 1 atom stereocenters. The van der Waals surface area contributed by atoms with Gasteiger partial charge in [-0.05, 0) is 52.0 Å². The lowest BCUT2D eigenvalue weighted by Crippen LogP contribution is -2.20. The number of hydrogen-bond donors (Lipinski definition) is 1. The van der Waals surface area contributed by atoms with Crippen LogP contribution in [0.2, 0.25) is 0 Å². The van der Waals surface area contributed by atoms with Crippen LogP contribution in [0.3, 0.4) is 0 Å². The van der Waals surface area contributed by atoms with E-state index in [1.165, 1.54) is 11.1 Å². The molecule has 1 unspecified atom stereocenters. The first-order valence-corrected chi connectivity index (χ1v) is 6.80. The third-order valence-electron chi connectivity index (χ3n) is 3.22. The molecule has 19 heavy (non-hydrogen) atoms. The van der Waals surface area contributed by atoms with Crippen LogP contribution in [0.5, 0.6) is 0 Å². The fraction of sp³-hybridized carbons (Fsp3) is 0.214. The summed E-state index contributed by atoms with van der Waals surface area (Å²) in [6.45, 7) is 0. The van der Waals surface area contributed by atoms with Crippen molar-refractivity contribution in [3.05, 3.63) is 51.8 Å². The quantitative estimate of drug-likeness (QED) is 0.925. The van der Waals surface area contributed by atoms with Gasteiger partial charge in [-0.15, -0.1) is 0 Å². The van der Waals surface area contributed by atoms with Gasteiger partial charge >= 0.3 is 0 Å². The number of anilines is 1. The highest BCUT2D eigenvalue weighted by Crippen LogP contribution is 2.25. The minimum absolute atomic E-state index is 0.296. The molecule has 1 N–H and O–H groups in total. The lowest BCUT2D eigenvalue weighted by molar-refractivity contribution is 0.761. The second-order valence-electron chi connectivity index (χ2n) is 4.57. The Morgan fingerprint density at radius 2 is 1.95 bits per heavy atom. The van der Waals surface area contributed by atoms with Gasteiger partial charge in [0, 0.05) is 18.4 Å². The summed E-state index contributed by atoms with van der Waals surface area (Å²) in [7, 11) is 0. The molecule has 0 bridgehead atoms. The number of rotatable bonds is 2. The van der Waals surface area contributed by atoms with Gasteiger partial charge in [-0.1, -0.05) is 6.07 Å². The number of nitrogens with zero attached hydrogens (tertiary/aromatic N) is 3. The number of aromatic nitrogens is 2. The van der Waals surface area contributed by atoms with E-state index in [1.54, 1.807) is 12.4 Å². The second-order valence-corrected chi connectivity index (χ2v) is 5.49. The third-order valence-corrected chi connectivity index (χ3v) is 3.63. The minimum Gasteiger partial charge on any atom is -0.351 e. The topological polar surface area (TPSA) is 61.6 Å². The monoisotopic (exact) mass is 314 g/mol. The Kier molecular flexibility index (Phi) is 3.18. The zero-order valence-corrected chi connectivity index (χ0v) is 11.7. The molecular formula is C14H11BrN4. The van der Waals surface area contributed by atoms with Crippen LogP contribution in [0.25, 0.3) is 0 Å². The number of benzene rings is 1. The first kappa shape index (κ1) is 12.1. The smallest absolute Gasteiger partial charge is 0.222 e. The summed E-state index contributed by atoms with van der Waals surface area (Å²) in [6.07, 6.45) is 5.31. The molecule has 0 spiro atoms. The van der Waals surface area contributed by atoms with Crippen molar-refractivity contribution in [2.75, 3.05) is 5.32 Å². The minimum atomic E-state index is 0.296. The molecule has 1 heterocycles. The molecule has 0 saturated carbocycles. The highest BCUT2D eigenvalue weighted by molar-refractivity contribution is 9.10. The van der Waals surface area contributed by atoms with Gasteiger partial charge in [-0.3, -0.25) is 0 Å². The Morgan fingerprint density at radius 1 is 1.21 bits per heavy atom. The van der Waals surface area contributed by atoms with E-state index in [1.807, 2.05) is 18.2 Å². The van der Waals surface area contributed by atoms with E-state index in [-0.39, 0.29) is 0 Å². The number of halogens is 1. The summed E-state index contributed by atoms with van der Waals surface area (Å²) in [6, 6.07) is 8.36. The number of fused-ring (bicyclic) bond motifs is 1. The molecule has 2 aromatic rings. The third kappa shape index (κ3) is 2.59. The van der Waals surface area contributed by atoms with E-state index in [0.717, 1.165) is 22.9 Å². The van der Waals surface area contributed by atoms with Gasteiger partial charge in [-0.2, -0.15) is 5.26 Å². The average molecular weight is 315 g/mol. The van der Waals surface area contributed by atoms with E-state index >= 15 is 0 Å². The molecule has 0 saturated heterocycles. The van der Waals surface area contributed by atoms with Crippen LogP contribution in [-0.4, -0.2) is 16.0 Å². The fourth-order valence-electron chi connectivity index (χ4n) is 2.36. The molecule has 94 valence electrons. The van der Waals surface area contributed by atoms with Crippen LogP contribution in [-0.2, 0) is 12.8 Å². The molecule has 0 aliphatic heterocycles. The molecular weight excluding hydrogens is 304 g/mol. The van der Waals surface area contributed by atoms with Gasteiger partial charge in [0.15, 0.2) is 0 Å². The lowest BCUT2D eigenvalue weighted by Gasteiger charge is -2.11. The summed E-state index contributed by atoms with van der Waals surface area (Å²) in [5.41, 5.74) is 3.27. The molecule has 1 aliphatic rings. The molecule has 1 aliphatic carbocycles. The predicted octanol–water partition coefficient (Wildman–Crippen LogP) is 2.69. The van der Waals surface area contributed by atoms with Gasteiger partial charge in [0.1, 0.15) is 0 Å². The van der Waals surface area contributed by atoms with Crippen molar-refractivity contribution in [2.45, 2.75) is 18.9 Å². The molecule has 4 nitrogen and oxygen atoms in total. The van der Waals surface area contributed by atoms with Crippen molar-refractivity contribution in [3.63, 3.8) is 0 Å². The maximum Gasteiger partial charge on any atom is 0.222 e. The van der Waals surface area contributed by atoms with Crippen molar-refractivity contribution in [2.24, 2.45) is 0 Å². The Labute approximate surface area is 119 Å². The SMILES string of the molecule is N#Cc1ccc2c(c1)CC(Nc1ncc(Br)cn1)C2. The molecule has 0 radical (unpaired) electrons. The molecule has 1 aromatic carbocycles. The summed E-state index contributed by atoms with van der Waals surface area (Å²) < 4.78 is 0.867. The van der Waals surface area contributed by atoms with Crippen molar-refractivity contribution >= 4 is 21.9 Å². The van der Waals surface area contributed by atoms with Gasteiger partial charge in [-0.25, -0.2) is 9.97 Å². The van der Waals surface area contributed by atoms with Crippen molar-refractivity contribution < 1.29 is 0 Å². The zero-order chi connectivity index (χ0) is 13.2. The maximum atomic E-state index is 8.91. The van der Waals surface area contributed by atoms with E-state index < -0.39 is 0 Å². The standard InChI is InChI=1S/C14H11BrN4/c15-12-7-17-14(18-8-12)19-13-4-10-2-1-9(6-16)3-11(10)5-13/h1-3,7-8,13H,4-5H2,(H,17,18,19). The summed E-state index contributed by atoms with van der Waals surface area (Å²) in [5, 5.41) is 12.2. The zero-order valence-electron chi connectivity index (χ0n) is 10.1. The average Bonchev–Trinajstić information content (AvgIpc) is 2.82. The van der Waals surface area contributed by atoms with Gasteiger partial charge < -0.3 is 5.32 Å². The summed E-state index contributed by atoms with van der Waals surface area (Å²) in [5.74, 6) is 0.640. The van der Waals surface area contributed by atoms with Gasteiger partial charge in [0.2, 0.25) is 5.95 Å². The molecule has 5 heteroatoms. The number of nitrogens with one attached hydrogen (secondary N) is 1. The largest absolute Gasteiger partial charge is 0.351 e. The predicted molar refractivity (Wildman–Crippen MR) is 75.7 cm³/mol. The number of hydrogen-bond acceptors (Lipinski definition) is 4. The van der Waals surface area contributed by atoms with Crippen LogP contribution in [0.15, 0.2) is 35.1 Å². The van der Waals surface area contributed by atoms with Gasteiger partial charge in [0.05, 0.1) is 16.1 Å². The summed E-state index contributed by atoms with van der Waals surface area (Å²) in [4.78, 5) is 8.43. The van der Waals surface area contributed by atoms with Crippen LogP contribution in [0, 0.1) is 11.3 Å². The van der Waals surface area contributed by atoms with Gasteiger partial charge in [0.25, 0.3) is 0 Å². The second kappa shape index (κ2) is 4.98. The number of nitriles is 1. The van der Waals surface area contributed by atoms with Crippen molar-refractivity contribution in [1.29, 1.82) is 5.26 Å². The van der Waals surface area contributed by atoms with Crippen LogP contribution >= 0.6 is 15.9 Å². The van der Waals surface area contributed by atoms with E-state index in [4.69, 9.17) is 5.26 Å². The molecule has 3 rings (SSSR count). The Morgan fingerprint density at radius 3 is 2.68 bits per heavy atom.